The van der Waals surface area contributed by atoms with Gasteiger partial charge in [0.25, 0.3) is 5.91 Å². The Morgan fingerprint density at radius 2 is 1.76 bits per heavy atom. The van der Waals surface area contributed by atoms with Crippen LogP contribution in [-0.2, 0) is 22.3 Å². The molecule has 0 saturated carbocycles. The first-order valence-corrected chi connectivity index (χ1v) is 11.9. The Kier molecular flexibility index (Phi) is 7.53. The number of carbonyl (C=O) groups is 3. The van der Waals surface area contributed by atoms with E-state index in [4.69, 9.17) is 11.5 Å². The molecule has 8 nitrogen and oxygen atoms in total. The van der Waals surface area contributed by atoms with Crippen LogP contribution >= 0.6 is 0 Å². The molecule has 0 bridgehead atoms. The Labute approximate surface area is 211 Å². The molecule has 2 heterocycles. The number of carbonyl (C=O) groups excluding carboxylic acids is 3. The second-order valence-corrected chi connectivity index (χ2v) is 9.11. The van der Waals surface area contributed by atoms with E-state index in [1.54, 1.807) is 10.6 Å². The minimum Gasteiger partial charge on any atom is -0.368 e. The van der Waals surface area contributed by atoms with Crippen molar-refractivity contribution in [2.24, 2.45) is 11.5 Å². The van der Waals surface area contributed by atoms with Gasteiger partial charge in [0, 0.05) is 43.0 Å². The van der Waals surface area contributed by atoms with Crippen LogP contribution in [0.3, 0.4) is 0 Å². The third kappa shape index (κ3) is 5.77. The average molecular weight is 516 g/mol. The molecular formula is C26H28F3N5O3. The quantitative estimate of drug-likeness (QED) is 0.448. The van der Waals surface area contributed by atoms with Crippen LogP contribution in [0.25, 0.3) is 10.9 Å². The molecule has 1 saturated heterocycles. The molecule has 11 heteroatoms. The van der Waals surface area contributed by atoms with Crippen LogP contribution < -0.4 is 16.8 Å². The number of amides is 3. The minimum atomic E-state index is -4.43. The number of halogens is 3. The van der Waals surface area contributed by atoms with Crippen LogP contribution in [0.5, 0.6) is 0 Å². The molecule has 0 radical (unpaired) electrons. The summed E-state index contributed by atoms with van der Waals surface area (Å²) in [6, 6.07) is 12.6. The van der Waals surface area contributed by atoms with Crippen LogP contribution in [-0.4, -0.2) is 52.4 Å². The predicted octanol–water partition coefficient (Wildman–Crippen LogP) is 2.63. The highest BCUT2D eigenvalue weighted by atomic mass is 19.4. The van der Waals surface area contributed by atoms with Gasteiger partial charge in [0.15, 0.2) is 0 Å². The van der Waals surface area contributed by atoms with E-state index < -0.39 is 35.6 Å². The number of nitrogens with two attached hydrogens (primary N) is 2. The molecule has 4 rings (SSSR count). The maximum atomic E-state index is 13.4. The van der Waals surface area contributed by atoms with E-state index in [1.807, 2.05) is 24.3 Å². The van der Waals surface area contributed by atoms with E-state index in [-0.39, 0.29) is 38.4 Å². The lowest BCUT2D eigenvalue weighted by Gasteiger charge is -2.38. The zero-order chi connectivity index (χ0) is 26.7. The molecule has 1 aliphatic rings. The number of alkyl halides is 3. The first kappa shape index (κ1) is 26.2. The fraction of sp³-hybridized carbons (Fsp3) is 0.346. The third-order valence-corrected chi connectivity index (χ3v) is 6.61. The van der Waals surface area contributed by atoms with Gasteiger partial charge < -0.3 is 26.3 Å². The molecule has 2 atom stereocenters. The molecule has 5 N–H and O–H groups in total. The second kappa shape index (κ2) is 10.6. The van der Waals surface area contributed by atoms with Crippen molar-refractivity contribution in [1.29, 1.82) is 0 Å². The van der Waals surface area contributed by atoms with Gasteiger partial charge in [-0.2, -0.15) is 13.2 Å². The second-order valence-electron chi connectivity index (χ2n) is 9.11. The summed E-state index contributed by atoms with van der Waals surface area (Å²) in [7, 11) is 0. The third-order valence-electron chi connectivity index (χ3n) is 6.61. The van der Waals surface area contributed by atoms with Crippen molar-refractivity contribution >= 4 is 28.6 Å². The Balaban J connectivity index is 1.56. The fourth-order valence-electron chi connectivity index (χ4n) is 4.74. The highest BCUT2D eigenvalue weighted by molar-refractivity contribution is 5.99. The number of nitrogens with one attached hydrogen (secondary N) is 1. The zero-order valence-corrected chi connectivity index (χ0v) is 20.0. The van der Waals surface area contributed by atoms with E-state index in [0.717, 1.165) is 23.0 Å². The standard InChI is InChI=1S/C26H28F3N5O3/c27-26(28,29)18-7-5-16(6-8-18)15-34-20-4-2-1-3-17(20)13-22(34)25(37)32-19-10-12-33(23(35)9-11-30)21(14-19)24(31)36/h1-8,13,19,21H,9-12,14-15,30H2,(H2,31,36)(H,32,37). The summed E-state index contributed by atoms with van der Waals surface area (Å²) < 4.78 is 40.7. The Morgan fingerprint density at radius 3 is 2.41 bits per heavy atom. The highest BCUT2D eigenvalue weighted by Crippen LogP contribution is 2.30. The number of benzene rings is 2. The van der Waals surface area contributed by atoms with Crippen LogP contribution in [0.2, 0.25) is 0 Å². The number of likely N-dealkylation sites (tertiary alicyclic amines) is 1. The van der Waals surface area contributed by atoms with E-state index in [2.05, 4.69) is 5.32 Å². The molecular weight excluding hydrogens is 487 g/mol. The maximum absolute atomic E-state index is 13.4. The number of hydrogen-bond acceptors (Lipinski definition) is 4. The highest BCUT2D eigenvalue weighted by Gasteiger charge is 2.35. The average Bonchev–Trinajstić information content (AvgIpc) is 3.22. The summed E-state index contributed by atoms with van der Waals surface area (Å²) in [5.41, 5.74) is 12.0. The first-order chi connectivity index (χ1) is 17.6. The van der Waals surface area contributed by atoms with Gasteiger partial charge in [0.1, 0.15) is 11.7 Å². The number of piperidine rings is 1. The maximum Gasteiger partial charge on any atom is 0.416 e. The molecule has 3 aromatic rings. The Bertz CT molecular complexity index is 1300. The lowest BCUT2D eigenvalue weighted by Crippen LogP contribution is -2.56. The van der Waals surface area contributed by atoms with Crippen LogP contribution in [0.1, 0.15) is 40.9 Å². The number of primary amides is 1. The van der Waals surface area contributed by atoms with Crippen molar-refractivity contribution in [1.82, 2.24) is 14.8 Å². The Morgan fingerprint density at radius 1 is 1.05 bits per heavy atom. The van der Waals surface area contributed by atoms with Crippen LogP contribution in [0.4, 0.5) is 13.2 Å². The van der Waals surface area contributed by atoms with Crippen molar-refractivity contribution in [3.63, 3.8) is 0 Å². The van der Waals surface area contributed by atoms with Gasteiger partial charge in [0.2, 0.25) is 11.8 Å². The van der Waals surface area contributed by atoms with Crippen molar-refractivity contribution in [3.05, 3.63) is 71.4 Å². The molecule has 2 unspecified atom stereocenters. The molecule has 0 spiro atoms. The summed E-state index contributed by atoms with van der Waals surface area (Å²) >= 11 is 0. The smallest absolute Gasteiger partial charge is 0.368 e. The molecule has 1 aliphatic heterocycles. The number of rotatable bonds is 7. The van der Waals surface area contributed by atoms with Crippen molar-refractivity contribution in [3.8, 4) is 0 Å². The summed E-state index contributed by atoms with van der Waals surface area (Å²) in [6.07, 6.45) is -3.72. The lowest BCUT2D eigenvalue weighted by molar-refractivity contribution is -0.141. The van der Waals surface area contributed by atoms with Crippen molar-refractivity contribution in [2.75, 3.05) is 13.1 Å². The molecule has 37 heavy (non-hydrogen) atoms. The topological polar surface area (TPSA) is 123 Å². The number of hydrogen-bond donors (Lipinski definition) is 3. The molecule has 3 amide bonds. The predicted molar refractivity (Wildman–Crippen MR) is 131 cm³/mol. The number of aromatic nitrogens is 1. The molecule has 2 aromatic carbocycles. The molecule has 0 aliphatic carbocycles. The minimum absolute atomic E-state index is 0.102. The van der Waals surface area contributed by atoms with Gasteiger partial charge in [-0.25, -0.2) is 0 Å². The van der Waals surface area contributed by atoms with Crippen molar-refractivity contribution < 1.29 is 27.6 Å². The van der Waals surface area contributed by atoms with E-state index in [0.29, 0.717) is 17.7 Å². The molecule has 1 fully saturated rings. The van der Waals surface area contributed by atoms with Gasteiger partial charge in [-0.05, 0) is 42.7 Å². The number of nitrogens with zero attached hydrogens (tertiary/aromatic N) is 2. The number of para-hydroxylation sites is 1. The van der Waals surface area contributed by atoms with E-state index in [1.165, 1.54) is 17.0 Å². The monoisotopic (exact) mass is 515 g/mol. The van der Waals surface area contributed by atoms with Gasteiger partial charge in [0.05, 0.1) is 5.56 Å². The lowest BCUT2D eigenvalue weighted by atomic mass is 9.96. The normalized spacial score (nSPS) is 18.1. The zero-order valence-electron chi connectivity index (χ0n) is 20.0. The van der Waals surface area contributed by atoms with Gasteiger partial charge >= 0.3 is 6.18 Å². The van der Waals surface area contributed by atoms with Gasteiger partial charge in [-0.15, -0.1) is 0 Å². The summed E-state index contributed by atoms with van der Waals surface area (Å²) in [5, 5.41) is 3.75. The number of fused-ring (bicyclic) bond motifs is 1. The molecule has 196 valence electrons. The summed E-state index contributed by atoms with van der Waals surface area (Å²) in [5.74, 6) is -1.30. The van der Waals surface area contributed by atoms with Crippen LogP contribution in [0.15, 0.2) is 54.6 Å². The summed E-state index contributed by atoms with van der Waals surface area (Å²) in [6.45, 7) is 0.598. The van der Waals surface area contributed by atoms with E-state index >= 15 is 0 Å². The van der Waals surface area contributed by atoms with E-state index in [9.17, 15) is 27.6 Å². The largest absolute Gasteiger partial charge is 0.416 e. The first-order valence-electron chi connectivity index (χ1n) is 11.9. The fourth-order valence-corrected chi connectivity index (χ4v) is 4.74. The summed E-state index contributed by atoms with van der Waals surface area (Å²) in [4.78, 5) is 39.2. The molecule has 1 aromatic heterocycles. The van der Waals surface area contributed by atoms with Gasteiger partial charge in [-0.3, -0.25) is 14.4 Å². The van der Waals surface area contributed by atoms with Crippen LogP contribution in [0, 0.1) is 0 Å². The van der Waals surface area contributed by atoms with Gasteiger partial charge in [-0.1, -0.05) is 30.3 Å². The SMILES string of the molecule is NCCC(=O)N1CCC(NC(=O)c2cc3ccccc3n2Cc2ccc(C(F)(F)F)cc2)CC1C(N)=O. The Hall–Kier alpha value is -3.86. The van der Waals surface area contributed by atoms with Crippen molar-refractivity contribution in [2.45, 2.75) is 44.1 Å².